The number of carbonyl (C=O) groups is 1. The molecule has 0 radical (unpaired) electrons. The molecule has 1 fully saturated rings. The Balaban J connectivity index is 1.94. The van der Waals surface area contributed by atoms with Crippen LogP contribution in [0.5, 0.6) is 0 Å². The van der Waals surface area contributed by atoms with Crippen molar-refractivity contribution in [3.05, 3.63) is 23.7 Å². The van der Waals surface area contributed by atoms with Gasteiger partial charge in [-0.15, -0.1) is 0 Å². The van der Waals surface area contributed by atoms with E-state index in [0.717, 1.165) is 12.2 Å². The van der Waals surface area contributed by atoms with Gasteiger partial charge in [0.25, 0.3) is 0 Å². The third kappa shape index (κ3) is 2.61. The molecule has 0 spiro atoms. The maximum absolute atomic E-state index is 10.6. The maximum Gasteiger partial charge on any atom is 0.371 e. The Morgan fingerprint density at radius 3 is 2.67 bits per heavy atom. The van der Waals surface area contributed by atoms with Gasteiger partial charge in [-0.05, 0) is 18.1 Å². The fourth-order valence-electron chi connectivity index (χ4n) is 2.28. The van der Waals surface area contributed by atoms with E-state index < -0.39 is 5.97 Å². The summed E-state index contributed by atoms with van der Waals surface area (Å²) in [6.45, 7) is 0. The van der Waals surface area contributed by atoms with E-state index in [0.29, 0.717) is 5.92 Å². The lowest BCUT2D eigenvalue weighted by atomic mass is 9.86. The van der Waals surface area contributed by atoms with Crippen LogP contribution in [0, 0.1) is 5.92 Å². The van der Waals surface area contributed by atoms with Crippen LogP contribution < -0.4 is 0 Å². The first-order valence-corrected chi connectivity index (χ1v) is 5.57. The fraction of sp³-hybridized carbons (Fsp3) is 0.583. The number of hydrogen-bond acceptors (Lipinski definition) is 2. The Bertz CT molecular complexity index is 334. The summed E-state index contributed by atoms with van der Waals surface area (Å²) in [5, 5.41) is 8.71. The second-order valence-electron chi connectivity index (χ2n) is 4.28. The zero-order chi connectivity index (χ0) is 10.7. The fourth-order valence-corrected chi connectivity index (χ4v) is 2.28. The summed E-state index contributed by atoms with van der Waals surface area (Å²) in [5.74, 6) is 0.580. The standard InChI is InChI=1S/C12H16O3/c13-12(14)11-7-6-10(15-11)8-9-4-2-1-3-5-9/h6-7,9H,1-5,8H2,(H,13,14). The third-order valence-electron chi connectivity index (χ3n) is 3.09. The molecule has 1 aliphatic rings. The molecule has 3 nitrogen and oxygen atoms in total. The van der Waals surface area contributed by atoms with Gasteiger partial charge in [-0.2, -0.15) is 0 Å². The molecule has 0 aromatic carbocycles. The molecule has 15 heavy (non-hydrogen) atoms. The van der Waals surface area contributed by atoms with Gasteiger partial charge in [0.1, 0.15) is 5.76 Å². The summed E-state index contributed by atoms with van der Waals surface area (Å²) in [6.07, 6.45) is 7.35. The van der Waals surface area contributed by atoms with E-state index >= 15 is 0 Å². The SMILES string of the molecule is O=C(O)c1ccc(CC2CCCCC2)o1. The van der Waals surface area contributed by atoms with Gasteiger partial charge in [-0.25, -0.2) is 4.79 Å². The van der Waals surface area contributed by atoms with Crippen molar-refractivity contribution in [1.82, 2.24) is 0 Å². The van der Waals surface area contributed by atoms with Crippen LogP contribution in [0.1, 0.15) is 48.4 Å². The predicted octanol–water partition coefficient (Wildman–Crippen LogP) is 3.10. The summed E-state index contributed by atoms with van der Waals surface area (Å²) in [7, 11) is 0. The molecule has 0 amide bonds. The first-order valence-electron chi connectivity index (χ1n) is 5.57. The summed E-state index contributed by atoms with van der Waals surface area (Å²) in [6, 6.07) is 3.33. The van der Waals surface area contributed by atoms with Crippen molar-refractivity contribution in [1.29, 1.82) is 0 Å². The van der Waals surface area contributed by atoms with E-state index in [2.05, 4.69) is 0 Å². The highest BCUT2D eigenvalue weighted by molar-refractivity contribution is 5.84. The predicted molar refractivity (Wildman–Crippen MR) is 55.9 cm³/mol. The van der Waals surface area contributed by atoms with Gasteiger partial charge in [-0.3, -0.25) is 0 Å². The number of furan rings is 1. The minimum Gasteiger partial charge on any atom is -0.475 e. The number of rotatable bonds is 3. The number of carboxylic acid groups (broad SMARTS) is 1. The number of carboxylic acids is 1. The first-order chi connectivity index (χ1) is 7.25. The van der Waals surface area contributed by atoms with Crippen LogP contribution in [0.4, 0.5) is 0 Å². The van der Waals surface area contributed by atoms with Gasteiger partial charge in [0.2, 0.25) is 5.76 Å². The van der Waals surface area contributed by atoms with Crippen LogP contribution >= 0.6 is 0 Å². The van der Waals surface area contributed by atoms with Crippen LogP contribution in [-0.2, 0) is 6.42 Å². The van der Waals surface area contributed by atoms with Crippen LogP contribution in [0.2, 0.25) is 0 Å². The third-order valence-corrected chi connectivity index (χ3v) is 3.09. The molecule has 1 saturated carbocycles. The minimum absolute atomic E-state index is 0.0563. The molecule has 1 aromatic rings. The van der Waals surface area contributed by atoms with Gasteiger partial charge in [0.05, 0.1) is 0 Å². The number of hydrogen-bond donors (Lipinski definition) is 1. The second-order valence-corrected chi connectivity index (χ2v) is 4.28. The van der Waals surface area contributed by atoms with Crippen molar-refractivity contribution in [2.45, 2.75) is 38.5 Å². The van der Waals surface area contributed by atoms with Crippen molar-refractivity contribution >= 4 is 5.97 Å². The molecule has 0 unspecified atom stereocenters. The Kier molecular flexibility index (Phi) is 3.09. The first kappa shape index (κ1) is 10.3. The average Bonchev–Trinajstić information content (AvgIpc) is 2.68. The highest BCUT2D eigenvalue weighted by Gasteiger charge is 2.16. The highest BCUT2D eigenvalue weighted by Crippen LogP contribution is 2.27. The summed E-state index contributed by atoms with van der Waals surface area (Å²) in [5.41, 5.74) is 0. The van der Waals surface area contributed by atoms with E-state index in [-0.39, 0.29) is 5.76 Å². The molecule has 0 aliphatic heterocycles. The van der Waals surface area contributed by atoms with Crippen molar-refractivity contribution < 1.29 is 14.3 Å². The molecule has 1 N–H and O–H groups in total. The van der Waals surface area contributed by atoms with Crippen molar-refractivity contribution in [2.75, 3.05) is 0 Å². The zero-order valence-corrected chi connectivity index (χ0v) is 8.74. The lowest BCUT2D eigenvalue weighted by Gasteiger charge is -2.20. The van der Waals surface area contributed by atoms with Gasteiger partial charge in [-0.1, -0.05) is 32.1 Å². The zero-order valence-electron chi connectivity index (χ0n) is 8.74. The smallest absolute Gasteiger partial charge is 0.371 e. The largest absolute Gasteiger partial charge is 0.475 e. The molecule has 1 aliphatic carbocycles. The maximum atomic E-state index is 10.6. The Hall–Kier alpha value is -1.25. The topological polar surface area (TPSA) is 50.4 Å². The second kappa shape index (κ2) is 4.51. The molecule has 3 heteroatoms. The lowest BCUT2D eigenvalue weighted by molar-refractivity contribution is 0.0659. The van der Waals surface area contributed by atoms with Crippen LogP contribution in [0.3, 0.4) is 0 Å². The summed E-state index contributed by atoms with van der Waals surface area (Å²) >= 11 is 0. The van der Waals surface area contributed by atoms with E-state index in [4.69, 9.17) is 9.52 Å². The van der Waals surface area contributed by atoms with Crippen molar-refractivity contribution in [3.8, 4) is 0 Å². The molecule has 0 atom stereocenters. The van der Waals surface area contributed by atoms with Crippen LogP contribution in [0.25, 0.3) is 0 Å². The normalized spacial score (nSPS) is 17.9. The van der Waals surface area contributed by atoms with E-state index in [9.17, 15) is 4.79 Å². The summed E-state index contributed by atoms with van der Waals surface area (Å²) < 4.78 is 5.25. The van der Waals surface area contributed by atoms with Gasteiger partial charge in [0, 0.05) is 6.42 Å². The Morgan fingerprint density at radius 1 is 1.33 bits per heavy atom. The van der Waals surface area contributed by atoms with Crippen LogP contribution in [0.15, 0.2) is 16.5 Å². The van der Waals surface area contributed by atoms with Crippen LogP contribution in [-0.4, -0.2) is 11.1 Å². The van der Waals surface area contributed by atoms with E-state index in [1.807, 2.05) is 0 Å². The molecule has 1 heterocycles. The molecular weight excluding hydrogens is 192 g/mol. The van der Waals surface area contributed by atoms with E-state index in [1.54, 1.807) is 12.1 Å². The average molecular weight is 208 g/mol. The highest BCUT2D eigenvalue weighted by atomic mass is 16.4. The van der Waals surface area contributed by atoms with Gasteiger partial charge in [0.15, 0.2) is 0 Å². The molecule has 0 bridgehead atoms. The molecule has 0 saturated heterocycles. The Labute approximate surface area is 89.1 Å². The van der Waals surface area contributed by atoms with Gasteiger partial charge >= 0.3 is 5.97 Å². The molecule has 1 aromatic heterocycles. The van der Waals surface area contributed by atoms with Crippen molar-refractivity contribution in [2.24, 2.45) is 5.92 Å². The Morgan fingerprint density at radius 2 is 2.07 bits per heavy atom. The molecular formula is C12H16O3. The minimum atomic E-state index is -0.982. The number of aromatic carboxylic acids is 1. The monoisotopic (exact) mass is 208 g/mol. The summed E-state index contributed by atoms with van der Waals surface area (Å²) in [4.78, 5) is 10.6. The van der Waals surface area contributed by atoms with E-state index in [1.165, 1.54) is 32.1 Å². The van der Waals surface area contributed by atoms with Crippen molar-refractivity contribution in [3.63, 3.8) is 0 Å². The lowest BCUT2D eigenvalue weighted by Crippen LogP contribution is -2.08. The van der Waals surface area contributed by atoms with Gasteiger partial charge < -0.3 is 9.52 Å². The molecule has 82 valence electrons. The quantitative estimate of drug-likeness (QED) is 0.830. The molecule has 2 rings (SSSR count).